The lowest BCUT2D eigenvalue weighted by Gasteiger charge is -2.31. The molecule has 1 fully saturated rings. The van der Waals surface area contributed by atoms with Crippen molar-refractivity contribution in [2.45, 2.75) is 45.1 Å². The summed E-state index contributed by atoms with van der Waals surface area (Å²) in [5.41, 5.74) is 6.32. The topological polar surface area (TPSA) is 35.2 Å². The molecule has 0 saturated heterocycles. The first kappa shape index (κ1) is 14.9. The van der Waals surface area contributed by atoms with Crippen LogP contribution < -0.4 is 10.5 Å². The van der Waals surface area contributed by atoms with Crippen LogP contribution in [-0.2, 0) is 0 Å². The van der Waals surface area contributed by atoms with Gasteiger partial charge in [-0.3, -0.25) is 0 Å². The molecule has 0 spiro atoms. The highest BCUT2D eigenvalue weighted by Crippen LogP contribution is 2.31. The number of halogens is 1. The molecule has 0 heterocycles. The van der Waals surface area contributed by atoms with Crippen molar-refractivity contribution in [2.75, 3.05) is 6.61 Å². The Balaban J connectivity index is 1.73. The van der Waals surface area contributed by atoms with Gasteiger partial charge in [-0.2, -0.15) is 0 Å². The summed E-state index contributed by atoms with van der Waals surface area (Å²) in [6, 6.07) is 8.26. The Morgan fingerprint density at radius 3 is 3.00 bits per heavy atom. The van der Waals surface area contributed by atoms with Gasteiger partial charge in [-0.15, -0.1) is 0 Å². The zero-order chi connectivity index (χ0) is 13.7. The van der Waals surface area contributed by atoms with Crippen LogP contribution in [0.3, 0.4) is 0 Å². The van der Waals surface area contributed by atoms with Crippen molar-refractivity contribution in [2.24, 2.45) is 17.6 Å². The van der Waals surface area contributed by atoms with Gasteiger partial charge in [0.05, 0.1) is 6.61 Å². The summed E-state index contributed by atoms with van der Waals surface area (Å²) in [7, 11) is 0. The summed E-state index contributed by atoms with van der Waals surface area (Å²) in [6.07, 6.45) is 6.24. The number of hydrogen-bond acceptors (Lipinski definition) is 2. The Morgan fingerprint density at radius 2 is 2.26 bits per heavy atom. The van der Waals surface area contributed by atoms with Gasteiger partial charge in [0.25, 0.3) is 0 Å². The number of hydrogen-bond donors (Lipinski definition) is 1. The second-order valence-electron chi connectivity index (χ2n) is 5.79. The molecular formula is C16H24BrNO. The molecule has 2 rings (SSSR count). The lowest BCUT2D eigenvalue weighted by molar-refractivity contribution is 0.214. The zero-order valence-corrected chi connectivity index (χ0v) is 13.2. The maximum absolute atomic E-state index is 6.32. The predicted octanol–water partition coefficient (Wildman–Crippen LogP) is 4.37. The average Bonchev–Trinajstić information content (AvgIpc) is 2.38. The SMILES string of the molecule is CC1CCCC(C(N)CCOc2cccc(Br)c2)C1. The van der Waals surface area contributed by atoms with Gasteiger partial charge in [0, 0.05) is 10.5 Å². The summed E-state index contributed by atoms with van der Waals surface area (Å²) in [6.45, 7) is 3.05. The first-order chi connectivity index (χ1) is 9.15. The molecule has 1 aliphatic carbocycles. The van der Waals surface area contributed by atoms with Crippen LogP contribution in [-0.4, -0.2) is 12.6 Å². The van der Waals surface area contributed by atoms with E-state index in [9.17, 15) is 0 Å². The largest absolute Gasteiger partial charge is 0.493 e. The minimum Gasteiger partial charge on any atom is -0.493 e. The van der Waals surface area contributed by atoms with Crippen LogP contribution in [0.15, 0.2) is 28.7 Å². The highest BCUT2D eigenvalue weighted by molar-refractivity contribution is 9.10. The summed E-state index contributed by atoms with van der Waals surface area (Å²) in [5, 5.41) is 0. The molecule has 2 N–H and O–H groups in total. The second-order valence-corrected chi connectivity index (χ2v) is 6.71. The zero-order valence-electron chi connectivity index (χ0n) is 11.6. The van der Waals surface area contributed by atoms with Gasteiger partial charge in [-0.05, 0) is 49.3 Å². The summed E-state index contributed by atoms with van der Waals surface area (Å²) >= 11 is 3.45. The smallest absolute Gasteiger partial charge is 0.120 e. The molecule has 19 heavy (non-hydrogen) atoms. The van der Waals surface area contributed by atoms with E-state index in [0.717, 1.165) is 22.6 Å². The maximum Gasteiger partial charge on any atom is 0.120 e. The molecule has 3 heteroatoms. The van der Waals surface area contributed by atoms with E-state index >= 15 is 0 Å². The van der Waals surface area contributed by atoms with E-state index in [2.05, 4.69) is 22.9 Å². The average molecular weight is 326 g/mol. The van der Waals surface area contributed by atoms with Crippen molar-refractivity contribution in [3.05, 3.63) is 28.7 Å². The van der Waals surface area contributed by atoms with Crippen LogP contribution in [0, 0.1) is 11.8 Å². The molecule has 0 amide bonds. The van der Waals surface area contributed by atoms with E-state index in [1.807, 2.05) is 24.3 Å². The van der Waals surface area contributed by atoms with Gasteiger partial charge < -0.3 is 10.5 Å². The third-order valence-electron chi connectivity index (χ3n) is 4.10. The summed E-state index contributed by atoms with van der Waals surface area (Å²) in [5.74, 6) is 2.45. The van der Waals surface area contributed by atoms with Gasteiger partial charge >= 0.3 is 0 Å². The highest BCUT2D eigenvalue weighted by atomic mass is 79.9. The standard InChI is InChI=1S/C16H24BrNO/c1-12-4-2-5-13(10-12)16(18)8-9-19-15-7-3-6-14(17)11-15/h3,6-7,11-13,16H,2,4-5,8-10,18H2,1H3. The van der Waals surface area contributed by atoms with E-state index in [0.29, 0.717) is 12.5 Å². The van der Waals surface area contributed by atoms with Crippen LogP contribution in [0.5, 0.6) is 5.75 Å². The number of benzene rings is 1. The maximum atomic E-state index is 6.32. The van der Waals surface area contributed by atoms with Crippen LogP contribution in [0.25, 0.3) is 0 Å². The number of ether oxygens (including phenoxy) is 1. The van der Waals surface area contributed by atoms with Gasteiger partial charge in [-0.1, -0.05) is 41.8 Å². The minimum absolute atomic E-state index is 0.287. The Bertz CT molecular complexity index is 396. The summed E-state index contributed by atoms with van der Waals surface area (Å²) in [4.78, 5) is 0. The van der Waals surface area contributed by atoms with Gasteiger partial charge in [0.2, 0.25) is 0 Å². The predicted molar refractivity (Wildman–Crippen MR) is 83.4 cm³/mol. The highest BCUT2D eigenvalue weighted by Gasteiger charge is 2.24. The third-order valence-corrected chi connectivity index (χ3v) is 4.59. The molecule has 1 aromatic carbocycles. The van der Waals surface area contributed by atoms with E-state index in [-0.39, 0.29) is 6.04 Å². The van der Waals surface area contributed by atoms with Crippen LogP contribution in [0.2, 0.25) is 0 Å². The van der Waals surface area contributed by atoms with Crippen molar-refractivity contribution < 1.29 is 4.74 Å². The quantitative estimate of drug-likeness (QED) is 0.872. The molecule has 1 saturated carbocycles. The molecule has 0 aromatic heterocycles. The Morgan fingerprint density at radius 1 is 1.42 bits per heavy atom. The number of nitrogens with two attached hydrogens (primary N) is 1. The fourth-order valence-electron chi connectivity index (χ4n) is 2.98. The van der Waals surface area contributed by atoms with Crippen molar-refractivity contribution in [1.82, 2.24) is 0 Å². The first-order valence-electron chi connectivity index (χ1n) is 7.29. The van der Waals surface area contributed by atoms with Gasteiger partial charge in [-0.25, -0.2) is 0 Å². The van der Waals surface area contributed by atoms with Crippen LogP contribution in [0.1, 0.15) is 39.0 Å². The second kappa shape index (κ2) is 7.30. The molecule has 106 valence electrons. The van der Waals surface area contributed by atoms with Gasteiger partial charge in [0.1, 0.15) is 5.75 Å². The Labute approximate surface area is 124 Å². The van der Waals surface area contributed by atoms with E-state index in [1.54, 1.807) is 0 Å². The molecule has 2 nitrogen and oxygen atoms in total. The normalized spacial score (nSPS) is 25.0. The van der Waals surface area contributed by atoms with Crippen molar-refractivity contribution in [1.29, 1.82) is 0 Å². The first-order valence-corrected chi connectivity index (χ1v) is 8.08. The fraction of sp³-hybridized carbons (Fsp3) is 0.625. The molecule has 1 aliphatic rings. The Kier molecular flexibility index (Phi) is 5.71. The molecule has 1 aromatic rings. The molecule has 3 unspecified atom stereocenters. The molecule has 0 radical (unpaired) electrons. The Hall–Kier alpha value is -0.540. The van der Waals surface area contributed by atoms with Crippen molar-refractivity contribution in [3.8, 4) is 5.75 Å². The molecular weight excluding hydrogens is 302 g/mol. The lowest BCUT2D eigenvalue weighted by atomic mass is 9.78. The lowest BCUT2D eigenvalue weighted by Crippen LogP contribution is -2.34. The van der Waals surface area contributed by atoms with Crippen molar-refractivity contribution >= 4 is 15.9 Å². The van der Waals surface area contributed by atoms with Crippen molar-refractivity contribution in [3.63, 3.8) is 0 Å². The van der Waals surface area contributed by atoms with E-state index in [1.165, 1.54) is 25.7 Å². The fourth-order valence-corrected chi connectivity index (χ4v) is 3.35. The summed E-state index contributed by atoms with van der Waals surface area (Å²) < 4.78 is 6.82. The molecule has 0 bridgehead atoms. The molecule has 0 aliphatic heterocycles. The monoisotopic (exact) mass is 325 g/mol. The van der Waals surface area contributed by atoms with Crippen LogP contribution in [0.4, 0.5) is 0 Å². The van der Waals surface area contributed by atoms with Gasteiger partial charge in [0.15, 0.2) is 0 Å². The third kappa shape index (κ3) is 4.81. The van der Waals surface area contributed by atoms with E-state index in [4.69, 9.17) is 10.5 Å². The number of rotatable bonds is 5. The minimum atomic E-state index is 0.287. The van der Waals surface area contributed by atoms with E-state index < -0.39 is 0 Å². The van der Waals surface area contributed by atoms with Crippen LogP contribution >= 0.6 is 15.9 Å². The molecule has 3 atom stereocenters.